The molecule has 4 aromatic rings. The summed E-state index contributed by atoms with van der Waals surface area (Å²) in [5.41, 5.74) is 2.98. The van der Waals surface area contributed by atoms with E-state index in [0.29, 0.717) is 28.2 Å². The Labute approximate surface area is 244 Å². The Morgan fingerprint density at radius 2 is 1.67 bits per heavy atom. The molecule has 2 amide bonds. The number of carbonyl (C=O) groups excluding carboxylic acids is 3. The van der Waals surface area contributed by atoms with Crippen molar-refractivity contribution in [2.24, 2.45) is 0 Å². The molecule has 0 unspecified atom stereocenters. The Morgan fingerprint density at radius 3 is 2.33 bits per heavy atom. The fraction of sp³-hybridized carbons (Fsp3) is 0.219. The van der Waals surface area contributed by atoms with E-state index >= 15 is 0 Å². The largest absolute Gasteiger partial charge is 0.444 e. The number of hydrogen-bond donors (Lipinski definition) is 2. The highest BCUT2D eigenvalue weighted by Gasteiger charge is 2.21. The van der Waals surface area contributed by atoms with Gasteiger partial charge in [-0.25, -0.2) is 9.48 Å². The lowest BCUT2D eigenvalue weighted by atomic mass is 10.1. The molecule has 0 spiro atoms. The monoisotopic (exact) mass is 564 g/mol. The summed E-state index contributed by atoms with van der Waals surface area (Å²) in [4.78, 5) is 40.7. The smallest absolute Gasteiger partial charge is 0.412 e. The van der Waals surface area contributed by atoms with E-state index in [0.717, 1.165) is 5.56 Å². The highest BCUT2D eigenvalue weighted by Crippen LogP contribution is 2.32. The molecule has 10 heteroatoms. The molecule has 3 aromatic carbocycles. The predicted octanol–water partition coefficient (Wildman–Crippen LogP) is 5.29. The van der Waals surface area contributed by atoms with Crippen LogP contribution < -0.4 is 15.5 Å². The Kier molecular flexibility index (Phi) is 9.02. The molecular formula is C32H32N6O4. The van der Waals surface area contributed by atoms with Gasteiger partial charge in [0.05, 0.1) is 47.1 Å². The quantitative estimate of drug-likeness (QED) is 0.178. The number of nitrogens with one attached hydrogen (secondary N) is 2. The maximum absolute atomic E-state index is 13.1. The first-order valence-corrected chi connectivity index (χ1v) is 13.2. The molecule has 1 aromatic heterocycles. The van der Waals surface area contributed by atoms with Crippen molar-refractivity contribution in [1.29, 1.82) is 0 Å². The third-order valence-electron chi connectivity index (χ3n) is 5.82. The van der Waals surface area contributed by atoms with E-state index in [-0.39, 0.29) is 11.5 Å². The number of anilines is 3. The van der Waals surface area contributed by atoms with E-state index in [4.69, 9.17) is 4.74 Å². The number of nitrogens with zero attached hydrogens (tertiary/aromatic N) is 4. The van der Waals surface area contributed by atoms with E-state index in [1.807, 2.05) is 49.3 Å². The number of ketones is 1. The van der Waals surface area contributed by atoms with Crippen molar-refractivity contribution >= 4 is 34.8 Å². The third kappa shape index (κ3) is 8.05. The molecule has 0 radical (unpaired) electrons. The number of benzene rings is 3. The van der Waals surface area contributed by atoms with Crippen molar-refractivity contribution in [3.8, 4) is 17.5 Å². The van der Waals surface area contributed by atoms with Gasteiger partial charge in [0, 0.05) is 25.2 Å². The molecule has 0 aliphatic carbocycles. The van der Waals surface area contributed by atoms with Crippen molar-refractivity contribution in [2.75, 3.05) is 29.6 Å². The van der Waals surface area contributed by atoms with Gasteiger partial charge in [-0.2, -0.15) is 0 Å². The van der Waals surface area contributed by atoms with Crippen LogP contribution >= 0.6 is 0 Å². The minimum absolute atomic E-state index is 0.276. The van der Waals surface area contributed by atoms with Crippen LogP contribution in [0.25, 0.3) is 5.69 Å². The zero-order valence-electron chi connectivity index (χ0n) is 24.1. The van der Waals surface area contributed by atoms with Gasteiger partial charge in [0.25, 0.3) is 0 Å². The predicted molar refractivity (Wildman–Crippen MR) is 162 cm³/mol. The molecule has 0 aliphatic rings. The second kappa shape index (κ2) is 12.8. The summed E-state index contributed by atoms with van der Waals surface area (Å²) >= 11 is 0. The van der Waals surface area contributed by atoms with Gasteiger partial charge in [-0.05, 0) is 57.2 Å². The molecule has 0 aliphatic heterocycles. The van der Waals surface area contributed by atoms with Crippen molar-refractivity contribution in [1.82, 2.24) is 15.0 Å². The van der Waals surface area contributed by atoms with Crippen LogP contribution in [0.4, 0.5) is 21.9 Å². The number of hydrogen-bond acceptors (Lipinski definition) is 7. The Bertz CT molecular complexity index is 1650. The molecule has 214 valence electrons. The van der Waals surface area contributed by atoms with Crippen LogP contribution in [0, 0.1) is 11.8 Å². The fourth-order valence-corrected chi connectivity index (χ4v) is 3.95. The molecule has 0 saturated heterocycles. The summed E-state index contributed by atoms with van der Waals surface area (Å²) in [6.45, 7) is 5.27. The molecule has 10 nitrogen and oxygen atoms in total. The van der Waals surface area contributed by atoms with Gasteiger partial charge in [0.1, 0.15) is 5.60 Å². The SMILES string of the molecule is CN(C)c1cc(NC(=O)OC(C)(C)C)c(NC(=O)CC(=O)c2cccc(-n3ccnn3)c2)cc1C#Cc1ccccc1. The first kappa shape index (κ1) is 29.6. The van der Waals surface area contributed by atoms with E-state index in [1.165, 1.54) is 10.9 Å². The van der Waals surface area contributed by atoms with Gasteiger partial charge in [-0.3, -0.25) is 14.9 Å². The Hall–Kier alpha value is -5.43. The van der Waals surface area contributed by atoms with Crippen LogP contribution in [0.1, 0.15) is 48.7 Å². The van der Waals surface area contributed by atoms with Gasteiger partial charge in [-0.15, -0.1) is 5.10 Å². The normalized spacial score (nSPS) is 10.7. The summed E-state index contributed by atoms with van der Waals surface area (Å²) in [6, 6.07) is 19.6. The van der Waals surface area contributed by atoms with E-state index < -0.39 is 24.0 Å². The molecule has 0 fully saturated rings. The van der Waals surface area contributed by atoms with Crippen molar-refractivity contribution in [3.05, 3.63) is 95.8 Å². The number of ether oxygens (including phenoxy) is 1. The summed E-state index contributed by atoms with van der Waals surface area (Å²) in [6.07, 6.45) is 2.08. The minimum Gasteiger partial charge on any atom is -0.444 e. The zero-order chi connectivity index (χ0) is 30.3. The number of amides is 2. The van der Waals surface area contributed by atoms with Gasteiger partial charge in [0.2, 0.25) is 5.91 Å². The Balaban J connectivity index is 1.63. The van der Waals surface area contributed by atoms with Crippen LogP contribution in [-0.2, 0) is 9.53 Å². The first-order valence-electron chi connectivity index (χ1n) is 13.2. The molecule has 2 N–H and O–H groups in total. The van der Waals surface area contributed by atoms with Crippen molar-refractivity contribution < 1.29 is 19.1 Å². The highest BCUT2D eigenvalue weighted by atomic mass is 16.6. The van der Waals surface area contributed by atoms with Crippen LogP contribution in [0.5, 0.6) is 0 Å². The van der Waals surface area contributed by atoms with Crippen LogP contribution in [0.3, 0.4) is 0 Å². The third-order valence-corrected chi connectivity index (χ3v) is 5.82. The summed E-state index contributed by atoms with van der Waals surface area (Å²) in [5.74, 6) is 5.35. The molecular weight excluding hydrogens is 532 g/mol. The minimum atomic E-state index is -0.730. The lowest BCUT2D eigenvalue weighted by Gasteiger charge is -2.22. The fourth-order valence-electron chi connectivity index (χ4n) is 3.95. The van der Waals surface area contributed by atoms with Gasteiger partial charge in [-0.1, -0.05) is 47.4 Å². The molecule has 0 saturated carbocycles. The average Bonchev–Trinajstić information content (AvgIpc) is 3.47. The lowest BCUT2D eigenvalue weighted by molar-refractivity contribution is -0.115. The topological polar surface area (TPSA) is 118 Å². The molecule has 4 rings (SSSR count). The van der Waals surface area contributed by atoms with Crippen LogP contribution in [-0.4, -0.2) is 52.5 Å². The summed E-state index contributed by atoms with van der Waals surface area (Å²) < 4.78 is 6.96. The number of aromatic nitrogens is 3. The van der Waals surface area contributed by atoms with Crippen LogP contribution in [0.2, 0.25) is 0 Å². The maximum atomic E-state index is 13.1. The number of rotatable bonds is 7. The average molecular weight is 565 g/mol. The zero-order valence-corrected chi connectivity index (χ0v) is 24.1. The summed E-state index contributed by atoms with van der Waals surface area (Å²) in [5, 5.41) is 13.2. The number of carbonyl (C=O) groups is 3. The van der Waals surface area contributed by atoms with Gasteiger partial charge in [0.15, 0.2) is 5.78 Å². The Morgan fingerprint density at radius 1 is 0.929 bits per heavy atom. The van der Waals surface area contributed by atoms with E-state index in [9.17, 15) is 14.4 Å². The second-order valence-corrected chi connectivity index (χ2v) is 10.6. The van der Waals surface area contributed by atoms with E-state index in [2.05, 4.69) is 32.8 Å². The lowest BCUT2D eigenvalue weighted by Crippen LogP contribution is -2.28. The summed E-state index contributed by atoms with van der Waals surface area (Å²) in [7, 11) is 3.70. The second-order valence-electron chi connectivity index (χ2n) is 10.6. The molecule has 42 heavy (non-hydrogen) atoms. The van der Waals surface area contributed by atoms with Gasteiger partial charge >= 0.3 is 6.09 Å². The number of Topliss-reactive ketones (excluding diaryl/α,β-unsaturated/α-hetero) is 1. The molecule has 1 heterocycles. The van der Waals surface area contributed by atoms with Crippen molar-refractivity contribution in [3.63, 3.8) is 0 Å². The van der Waals surface area contributed by atoms with E-state index in [1.54, 1.807) is 63.4 Å². The first-order chi connectivity index (χ1) is 20.0. The molecule has 0 bridgehead atoms. The standard InChI is InChI=1S/C32H32N6O4/c1-32(2,3)42-31(41)35-27-20-28(37(4)5)23(15-14-22-10-7-6-8-11-22)19-26(27)34-30(40)21-29(39)24-12-9-13-25(18-24)38-17-16-33-36-38/h6-13,16-20H,21H2,1-5H3,(H,34,40)(H,35,41). The van der Waals surface area contributed by atoms with Crippen LogP contribution in [0.15, 0.2) is 79.1 Å². The maximum Gasteiger partial charge on any atom is 0.412 e. The van der Waals surface area contributed by atoms with Gasteiger partial charge < -0.3 is 15.0 Å². The molecule has 0 atom stereocenters. The van der Waals surface area contributed by atoms with Crippen molar-refractivity contribution in [2.45, 2.75) is 32.8 Å². The highest BCUT2D eigenvalue weighted by molar-refractivity contribution is 6.12.